The average Bonchev–Trinajstić information content (AvgIpc) is 2.24. The second-order valence-electron chi connectivity index (χ2n) is 3.31. The lowest BCUT2D eigenvalue weighted by Gasteiger charge is -2.26. The molecule has 0 spiro atoms. The van der Waals surface area contributed by atoms with E-state index < -0.39 is 0 Å². The fourth-order valence-electron chi connectivity index (χ4n) is 1.45. The van der Waals surface area contributed by atoms with E-state index in [0.29, 0.717) is 29.0 Å². The lowest BCUT2D eigenvalue weighted by molar-refractivity contribution is -0.120. The van der Waals surface area contributed by atoms with Gasteiger partial charge in [0.05, 0.1) is 5.69 Å². The Balaban J connectivity index is 2.56. The van der Waals surface area contributed by atoms with E-state index in [4.69, 9.17) is 10.5 Å². The molecule has 0 radical (unpaired) electrons. The van der Waals surface area contributed by atoms with Crippen LogP contribution < -0.4 is 15.4 Å². The third-order valence-electron chi connectivity index (χ3n) is 2.38. The van der Waals surface area contributed by atoms with Gasteiger partial charge in [-0.3, -0.25) is 9.59 Å². The average molecular weight is 206 g/mol. The smallest absolute Gasteiger partial charge is 0.264 e. The Bertz CT molecular complexity index is 443. The molecule has 78 valence electrons. The molecule has 15 heavy (non-hydrogen) atoms. The van der Waals surface area contributed by atoms with E-state index in [0.717, 1.165) is 0 Å². The van der Waals surface area contributed by atoms with Crippen LogP contribution in [0.4, 0.5) is 11.4 Å². The number of hydrogen-bond donors (Lipinski definition) is 1. The molecule has 0 saturated heterocycles. The van der Waals surface area contributed by atoms with Crippen LogP contribution in [0, 0.1) is 0 Å². The molecule has 0 aliphatic carbocycles. The van der Waals surface area contributed by atoms with Crippen molar-refractivity contribution >= 4 is 23.6 Å². The van der Waals surface area contributed by atoms with Gasteiger partial charge in [0.2, 0.25) is 0 Å². The highest BCUT2D eigenvalue weighted by molar-refractivity contribution is 5.99. The molecule has 1 amide bonds. The Morgan fingerprint density at radius 1 is 1.53 bits per heavy atom. The molecule has 5 heteroatoms. The summed E-state index contributed by atoms with van der Waals surface area (Å²) in [5.74, 6) is 0.370. The monoisotopic (exact) mass is 206 g/mol. The topological polar surface area (TPSA) is 72.6 Å². The molecule has 1 aromatic carbocycles. The quantitative estimate of drug-likeness (QED) is 0.534. The number of aldehydes is 1. The zero-order valence-corrected chi connectivity index (χ0v) is 8.19. The molecule has 0 aromatic heterocycles. The minimum absolute atomic E-state index is 0.00822. The summed E-state index contributed by atoms with van der Waals surface area (Å²) in [4.78, 5) is 23.4. The van der Waals surface area contributed by atoms with Gasteiger partial charge in [-0.1, -0.05) is 0 Å². The van der Waals surface area contributed by atoms with E-state index >= 15 is 0 Å². The number of likely N-dealkylation sites (N-methyl/N-ethyl adjacent to an activating group) is 1. The van der Waals surface area contributed by atoms with Crippen LogP contribution in [0.5, 0.6) is 5.75 Å². The number of hydrogen-bond acceptors (Lipinski definition) is 4. The van der Waals surface area contributed by atoms with Crippen molar-refractivity contribution in [2.24, 2.45) is 0 Å². The summed E-state index contributed by atoms with van der Waals surface area (Å²) in [6.07, 6.45) is 0.662. The van der Waals surface area contributed by atoms with E-state index in [1.807, 2.05) is 0 Å². The molecule has 1 aliphatic rings. The number of ether oxygens (including phenoxy) is 1. The Labute approximate surface area is 86.4 Å². The van der Waals surface area contributed by atoms with Gasteiger partial charge in [-0.05, 0) is 12.1 Å². The third kappa shape index (κ3) is 1.41. The number of fused-ring (bicyclic) bond motifs is 1. The van der Waals surface area contributed by atoms with Gasteiger partial charge in [0, 0.05) is 18.3 Å². The summed E-state index contributed by atoms with van der Waals surface area (Å²) in [6.45, 7) is -0.00822. The van der Waals surface area contributed by atoms with Crippen LogP contribution in [0.25, 0.3) is 0 Å². The van der Waals surface area contributed by atoms with Crippen LogP contribution in [0.1, 0.15) is 10.4 Å². The molecular weight excluding hydrogens is 196 g/mol. The number of anilines is 2. The predicted octanol–water partition coefficient (Wildman–Crippen LogP) is 0.436. The molecular formula is C10H10N2O3. The van der Waals surface area contributed by atoms with Gasteiger partial charge in [-0.2, -0.15) is 0 Å². The van der Waals surface area contributed by atoms with E-state index in [1.54, 1.807) is 19.2 Å². The number of carbonyl (C=O) groups excluding carboxylic acids is 2. The molecule has 0 fully saturated rings. The van der Waals surface area contributed by atoms with Crippen molar-refractivity contribution in [1.82, 2.24) is 0 Å². The highest BCUT2D eigenvalue weighted by Crippen LogP contribution is 2.34. The minimum atomic E-state index is -0.138. The second kappa shape index (κ2) is 3.27. The second-order valence-corrected chi connectivity index (χ2v) is 3.31. The summed E-state index contributed by atoms with van der Waals surface area (Å²) >= 11 is 0. The first-order valence-electron chi connectivity index (χ1n) is 4.41. The molecule has 1 aromatic rings. The Kier molecular flexibility index (Phi) is 2.07. The van der Waals surface area contributed by atoms with Crippen molar-refractivity contribution in [2.45, 2.75) is 0 Å². The van der Waals surface area contributed by atoms with Crippen molar-refractivity contribution < 1.29 is 14.3 Å². The first-order valence-corrected chi connectivity index (χ1v) is 4.41. The zero-order valence-electron chi connectivity index (χ0n) is 8.19. The number of rotatable bonds is 1. The minimum Gasteiger partial charge on any atom is -0.482 e. The van der Waals surface area contributed by atoms with Crippen LogP contribution in [0.2, 0.25) is 0 Å². The molecule has 0 unspecified atom stereocenters. The van der Waals surface area contributed by atoms with E-state index in [2.05, 4.69) is 0 Å². The highest BCUT2D eigenvalue weighted by Gasteiger charge is 2.23. The van der Waals surface area contributed by atoms with E-state index in [1.165, 1.54) is 4.90 Å². The van der Waals surface area contributed by atoms with Gasteiger partial charge in [-0.15, -0.1) is 0 Å². The lowest BCUT2D eigenvalue weighted by Crippen LogP contribution is -2.35. The van der Waals surface area contributed by atoms with Crippen LogP contribution >= 0.6 is 0 Å². The number of carbonyl (C=O) groups is 2. The molecule has 1 heterocycles. The number of nitrogens with two attached hydrogens (primary N) is 1. The summed E-state index contributed by atoms with van der Waals surface area (Å²) in [5, 5.41) is 0. The number of nitrogens with zero attached hydrogens (tertiary/aromatic N) is 1. The molecule has 1 aliphatic heterocycles. The van der Waals surface area contributed by atoms with E-state index in [9.17, 15) is 9.59 Å². The van der Waals surface area contributed by atoms with Crippen LogP contribution in [0.3, 0.4) is 0 Å². The van der Waals surface area contributed by atoms with Gasteiger partial charge in [-0.25, -0.2) is 0 Å². The van der Waals surface area contributed by atoms with Gasteiger partial charge in [0.25, 0.3) is 5.91 Å². The maximum absolute atomic E-state index is 11.3. The number of benzene rings is 1. The fraction of sp³-hybridized carbons (Fsp3) is 0.200. The van der Waals surface area contributed by atoms with Gasteiger partial charge in [0.1, 0.15) is 5.75 Å². The van der Waals surface area contributed by atoms with Crippen molar-refractivity contribution in [2.75, 3.05) is 24.3 Å². The van der Waals surface area contributed by atoms with Crippen molar-refractivity contribution in [3.05, 3.63) is 17.7 Å². The summed E-state index contributed by atoms with van der Waals surface area (Å²) in [7, 11) is 1.64. The molecule has 5 nitrogen and oxygen atoms in total. The van der Waals surface area contributed by atoms with E-state index in [-0.39, 0.29) is 12.5 Å². The molecule has 0 bridgehead atoms. The maximum Gasteiger partial charge on any atom is 0.264 e. The summed E-state index contributed by atoms with van der Waals surface area (Å²) in [6, 6.07) is 3.11. The highest BCUT2D eigenvalue weighted by atomic mass is 16.5. The van der Waals surface area contributed by atoms with Gasteiger partial charge in [0.15, 0.2) is 12.9 Å². The Hall–Kier alpha value is -2.04. The zero-order chi connectivity index (χ0) is 11.0. The largest absolute Gasteiger partial charge is 0.482 e. The maximum atomic E-state index is 11.3. The first-order chi connectivity index (χ1) is 7.13. The predicted molar refractivity (Wildman–Crippen MR) is 55.1 cm³/mol. The fourth-order valence-corrected chi connectivity index (χ4v) is 1.45. The first kappa shape index (κ1) is 9.51. The van der Waals surface area contributed by atoms with Crippen LogP contribution in [-0.4, -0.2) is 25.8 Å². The van der Waals surface area contributed by atoms with Crippen molar-refractivity contribution in [3.8, 4) is 5.75 Å². The number of amides is 1. The molecule has 0 saturated carbocycles. The Morgan fingerprint density at radius 2 is 2.27 bits per heavy atom. The molecule has 2 rings (SSSR count). The molecule has 2 N–H and O–H groups in total. The summed E-state index contributed by atoms with van der Waals surface area (Å²) in [5.41, 5.74) is 6.94. The normalized spacial score (nSPS) is 14.5. The van der Waals surface area contributed by atoms with Crippen molar-refractivity contribution in [3.63, 3.8) is 0 Å². The van der Waals surface area contributed by atoms with Gasteiger partial charge < -0.3 is 15.4 Å². The summed E-state index contributed by atoms with van der Waals surface area (Å²) < 4.78 is 5.20. The van der Waals surface area contributed by atoms with Crippen LogP contribution in [-0.2, 0) is 4.79 Å². The SMILES string of the molecule is CN1C(=O)COc2cc(C=O)c(N)cc21. The lowest BCUT2D eigenvalue weighted by atomic mass is 10.1. The van der Waals surface area contributed by atoms with Gasteiger partial charge >= 0.3 is 0 Å². The van der Waals surface area contributed by atoms with Crippen molar-refractivity contribution in [1.29, 1.82) is 0 Å². The van der Waals surface area contributed by atoms with Crippen LogP contribution in [0.15, 0.2) is 12.1 Å². The third-order valence-corrected chi connectivity index (χ3v) is 2.38. The molecule has 0 atom stereocenters. The standard InChI is InChI=1S/C10H10N2O3/c1-12-8-3-7(11)6(4-13)2-9(8)15-5-10(12)14/h2-4H,5,11H2,1H3. The Morgan fingerprint density at radius 3 is 2.93 bits per heavy atom. The number of nitrogen functional groups attached to an aromatic ring is 1.